The fourth-order valence-corrected chi connectivity index (χ4v) is 5.27. The van der Waals surface area contributed by atoms with Gasteiger partial charge in [-0.3, -0.25) is 4.79 Å². The minimum absolute atomic E-state index is 0.00497. The van der Waals surface area contributed by atoms with Crippen LogP contribution < -0.4 is 0 Å². The van der Waals surface area contributed by atoms with Gasteiger partial charge >= 0.3 is 5.97 Å². The van der Waals surface area contributed by atoms with E-state index in [1.165, 1.54) is 18.9 Å². The molecule has 7 heteroatoms. The van der Waals surface area contributed by atoms with E-state index in [4.69, 9.17) is 9.73 Å². The van der Waals surface area contributed by atoms with Gasteiger partial charge in [0.1, 0.15) is 0 Å². The number of hydrogen-bond donors (Lipinski definition) is 0. The van der Waals surface area contributed by atoms with Crippen LogP contribution in [-0.2, 0) is 20.9 Å². The summed E-state index contributed by atoms with van der Waals surface area (Å²) in [6.07, 6.45) is 0.826. The number of aliphatic imine (C=N–C) groups is 1. The summed E-state index contributed by atoms with van der Waals surface area (Å²) < 4.78 is 5.19. The zero-order valence-electron chi connectivity index (χ0n) is 19.9. The predicted octanol–water partition coefficient (Wildman–Crippen LogP) is 5.18. The summed E-state index contributed by atoms with van der Waals surface area (Å²) in [7, 11) is 3.21. The van der Waals surface area contributed by atoms with Gasteiger partial charge in [-0.2, -0.15) is 0 Å². The number of amidine groups is 1. The molecular formula is C27H29N3O3S. The molecule has 2 aliphatic heterocycles. The summed E-state index contributed by atoms with van der Waals surface area (Å²) in [6.45, 7) is 4.56. The van der Waals surface area contributed by atoms with Crippen LogP contribution in [0.5, 0.6) is 0 Å². The SMILES string of the molecule is CCC1=C(C(=O)OC)C(c2ccccc2C)N2C(CC(=O)N(C)Cc3ccccc3)=CSC2=N1. The van der Waals surface area contributed by atoms with Crippen LogP contribution in [0, 0.1) is 6.92 Å². The Morgan fingerprint density at radius 1 is 1.12 bits per heavy atom. The summed E-state index contributed by atoms with van der Waals surface area (Å²) in [6, 6.07) is 17.6. The first-order valence-corrected chi connectivity index (χ1v) is 12.2. The molecule has 1 unspecified atom stereocenters. The Labute approximate surface area is 205 Å². The molecule has 0 bridgehead atoms. The number of carbonyl (C=O) groups is 2. The second-order valence-corrected chi connectivity index (χ2v) is 9.20. The van der Waals surface area contributed by atoms with E-state index < -0.39 is 12.0 Å². The van der Waals surface area contributed by atoms with Crippen LogP contribution in [0.15, 0.2) is 82.0 Å². The lowest BCUT2D eigenvalue weighted by atomic mass is 9.90. The fourth-order valence-electron chi connectivity index (χ4n) is 4.34. The monoisotopic (exact) mass is 475 g/mol. The molecule has 176 valence electrons. The minimum Gasteiger partial charge on any atom is -0.466 e. The molecule has 0 saturated carbocycles. The van der Waals surface area contributed by atoms with Crippen LogP contribution in [0.3, 0.4) is 0 Å². The van der Waals surface area contributed by atoms with Gasteiger partial charge in [0.15, 0.2) is 5.17 Å². The largest absolute Gasteiger partial charge is 0.466 e. The van der Waals surface area contributed by atoms with Crippen molar-refractivity contribution < 1.29 is 14.3 Å². The Bertz CT molecular complexity index is 1190. The molecule has 0 radical (unpaired) electrons. The van der Waals surface area contributed by atoms with Crippen LogP contribution in [0.25, 0.3) is 0 Å². The lowest BCUT2D eigenvalue weighted by Crippen LogP contribution is -2.38. The first kappa shape index (κ1) is 23.8. The van der Waals surface area contributed by atoms with Crippen molar-refractivity contribution >= 4 is 28.8 Å². The number of amides is 1. The van der Waals surface area contributed by atoms with Gasteiger partial charge in [-0.1, -0.05) is 73.3 Å². The highest BCUT2D eigenvalue weighted by Gasteiger charge is 2.42. The molecule has 2 aromatic carbocycles. The summed E-state index contributed by atoms with van der Waals surface area (Å²) in [5, 5.41) is 2.76. The van der Waals surface area contributed by atoms with Gasteiger partial charge in [-0.15, -0.1) is 0 Å². The second-order valence-electron chi connectivity index (χ2n) is 8.37. The predicted molar refractivity (Wildman–Crippen MR) is 136 cm³/mol. The van der Waals surface area contributed by atoms with E-state index in [1.54, 1.807) is 4.90 Å². The van der Waals surface area contributed by atoms with Gasteiger partial charge in [0, 0.05) is 19.3 Å². The van der Waals surface area contributed by atoms with Crippen molar-refractivity contribution in [3.63, 3.8) is 0 Å². The van der Waals surface area contributed by atoms with E-state index in [0.29, 0.717) is 18.5 Å². The zero-order valence-corrected chi connectivity index (χ0v) is 20.8. The highest BCUT2D eigenvalue weighted by Crippen LogP contribution is 2.46. The molecule has 0 aromatic heterocycles. The lowest BCUT2D eigenvalue weighted by molar-refractivity contribution is -0.136. The number of carbonyl (C=O) groups excluding carboxylic acids is 2. The molecule has 1 amide bonds. The Morgan fingerprint density at radius 3 is 2.50 bits per heavy atom. The van der Waals surface area contributed by atoms with Crippen LogP contribution in [0.1, 0.15) is 42.5 Å². The Kier molecular flexibility index (Phi) is 7.22. The van der Waals surface area contributed by atoms with Gasteiger partial charge in [0.25, 0.3) is 0 Å². The molecule has 0 saturated heterocycles. The third kappa shape index (κ3) is 4.66. The van der Waals surface area contributed by atoms with E-state index in [1.807, 2.05) is 85.8 Å². The van der Waals surface area contributed by atoms with Gasteiger partial charge in [-0.05, 0) is 35.4 Å². The van der Waals surface area contributed by atoms with Crippen LogP contribution in [-0.4, -0.2) is 41.0 Å². The number of methoxy groups -OCH3 is 1. The number of fused-ring (bicyclic) bond motifs is 1. The minimum atomic E-state index is -0.399. The van der Waals surface area contributed by atoms with Crippen molar-refractivity contribution in [1.82, 2.24) is 9.80 Å². The van der Waals surface area contributed by atoms with Crippen molar-refractivity contribution in [3.05, 3.63) is 93.7 Å². The average Bonchev–Trinajstić information content (AvgIpc) is 3.25. The number of ether oxygens (including phenoxy) is 1. The molecule has 6 nitrogen and oxygen atoms in total. The molecular weight excluding hydrogens is 446 g/mol. The first-order chi connectivity index (χ1) is 16.4. The topological polar surface area (TPSA) is 62.2 Å². The first-order valence-electron chi connectivity index (χ1n) is 11.3. The number of rotatable bonds is 7. The zero-order chi connectivity index (χ0) is 24.2. The standard InChI is InChI=1S/C27H29N3O3S/c1-5-22-24(26(32)33-4)25(21-14-10-9-11-18(21)2)30-20(17-34-27(30)28-22)15-23(31)29(3)16-19-12-7-6-8-13-19/h6-14,17,25H,5,15-16H2,1-4H3. The number of hydrogen-bond acceptors (Lipinski definition) is 6. The molecule has 0 aliphatic carbocycles. The van der Waals surface area contributed by atoms with Gasteiger partial charge in [0.05, 0.1) is 30.8 Å². The molecule has 0 N–H and O–H groups in total. The van der Waals surface area contributed by atoms with Crippen molar-refractivity contribution in [2.75, 3.05) is 14.2 Å². The number of thioether (sulfide) groups is 1. The lowest BCUT2D eigenvalue weighted by Gasteiger charge is -2.37. The quantitative estimate of drug-likeness (QED) is 0.516. The summed E-state index contributed by atoms with van der Waals surface area (Å²) in [5.74, 6) is -0.387. The number of nitrogens with zero attached hydrogens (tertiary/aromatic N) is 3. The Hall–Kier alpha value is -3.32. The molecule has 0 fully saturated rings. The third-order valence-corrected chi connectivity index (χ3v) is 7.02. The van der Waals surface area contributed by atoms with E-state index >= 15 is 0 Å². The van der Waals surface area contributed by atoms with Gasteiger partial charge < -0.3 is 14.5 Å². The number of esters is 1. The van der Waals surface area contributed by atoms with Crippen molar-refractivity contribution in [3.8, 4) is 0 Å². The molecule has 0 spiro atoms. The third-order valence-electron chi connectivity index (χ3n) is 6.13. The van der Waals surface area contributed by atoms with Crippen LogP contribution in [0.2, 0.25) is 0 Å². The summed E-state index contributed by atoms with van der Waals surface area (Å²) in [5.41, 5.74) is 5.23. The molecule has 34 heavy (non-hydrogen) atoms. The van der Waals surface area contributed by atoms with E-state index in [-0.39, 0.29) is 12.3 Å². The Balaban J connectivity index is 1.67. The molecule has 4 rings (SSSR count). The van der Waals surface area contributed by atoms with Crippen LogP contribution >= 0.6 is 11.8 Å². The summed E-state index contributed by atoms with van der Waals surface area (Å²) in [4.78, 5) is 34.7. The van der Waals surface area contributed by atoms with E-state index in [2.05, 4.69) is 0 Å². The second kappa shape index (κ2) is 10.3. The number of allylic oxidation sites excluding steroid dienone is 1. The normalized spacial score (nSPS) is 17.2. The van der Waals surface area contributed by atoms with Crippen molar-refractivity contribution in [2.24, 2.45) is 4.99 Å². The van der Waals surface area contributed by atoms with Gasteiger partial charge in [-0.25, -0.2) is 9.79 Å². The molecule has 1 atom stereocenters. The van der Waals surface area contributed by atoms with E-state index in [9.17, 15) is 9.59 Å². The highest BCUT2D eigenvalue weighted by atomic mass is 32.2. The number of aryl methyl sites for hydroxylation is 1. The maximum absolute atomic E-state index is 13.2. The number of benzene rings is 2. The Morgan fingerprint density at radius 2 is 1.82 bits per heavy atom. The van der Waals surface area contributed by atoms with Crippen LogP contribution in [0.4, 0.5) is 0 Å². The average molecular weight is 476 g/mol. The van der Waals surface area contributed by atoms with Gasteiger partial charge in [0.2, 0.25) is 5.91 Å². The maximum atomic E-state index is 13.2. The maximum Gasteiger partial charge on any atom is 0.338 e. The molecule has 2 aromatic rings. The molecule has 2 aliphatic rings. The smallest absolute Gasteiger partial charge is 0.338 e. The van der Waals surface area contributed by atoms with Crippen molar-refractivity contribution in [2.45, 2.75) is 39.3 Å². The van der Waals surface area contributed by atoms with E-state index in [0.717, 1.165) is 33.3 Å². The summed E-state index contributed by atoms with van der Waals surface area (Å²) >= 11 is 1.49. The molecule has 2 heterocycles. The van der Waals surface area contributed by atoms with Crippen molar-refractivity contribution in [1.29, 1.82) is 0 Å². The highest BCUT2D eigenvalue weighted by molar-refractivity contribution is 8.16. The fraction of sp³-hybridized carbons (Fsp3) is 0.296.